The molecule has 1 heterocycles. The van der Waals surface area contributed by atoms with Crippen LogP contribution in [0.1, 0.15) is 99.9 Å². The van der Waals surface area contributed by atoms with Crippen LogP contribution in [-0.2, 0) is 6.54 Å². The van der Waals surface area contributed by atoms with Gasteiger partial charge in [0, 0.05) is 11.3 Å². The van der Waals surface area contributed by atoms with Gasteiger partial charge in [0.05, 0.1) is 22.6 Å². The van der Waals surface area contributed by atoms with Crippen molar-refractivity contribution in [2.24, 2.45) is 0 Å². The van der Waals surface area contributed by atoms with Gasteiger partial charge >= 0.3 is 0 Å². The van der Waals surface area contributed by atoms with Gasteiger partial charge in [-0.05, 0) is 36.8 Å². The van der Waals surface area contributed by atoms with Crippen molar-refractivity contribution < 1.29 is 31.1 Å². The number of halogens is 2. The van der Waals surface area contributed by atoms with Gasteiger partial charge in [-0.15, -0.1) is 0 Å². The van der Waals surface area contributed by atoms with Crippen molar-refractivity contribution >= 4 is 34.5 Å². The van der Waals surface area contributed by atoms with E-state index in [4.69, 9.17) is 16.3 Å². The Kier molecular flexibility index (Phi) is 16.3. The van der Waals surface area contributed by atoms with E-state index in [1.54, 1.807) is 23.5 Å². The number of nitrogens with one attached hydrogen (secondary N) is 1. The van der Waals surface area contributed by atoms with Gasteiger partial charge in [0.25, 0.3) is 5.91 Å². The van der Waals surface area contributed by atoms with Crippen molar-refractivity contribution in [1.29, 1.82) is 0 Å². The Labute approximate surface area is 248 Å². The van der Waals surface area contributed by atoms with Crippen molar-refractivity contribution in [2.75, 3.05) is 11.9 Å². The van der Waals surface area contributed by atoms with Crippen LogP contribution in [0.3, 0.4) is 0 Å². The second-order valence-electron chi connectivity index (χ2n) is 9.73. The summed E-state index contributed by atoms with van der Waals surface area (Å²) >= 11 is 8.08. The van der Waals surface area contributed by atoms with Gasteiger partial charge in [-0.2, -0.15) is 4.57 Å². The van der Waals surface area contributed by atoms with E-state index in [-0.39, 0.29) is 22.9 Å². The predicted molar refractivity (Wildman–Crippen MR) is 156 cm³/mol. The smallest absolute Gasteiger partial charge is 0.257 e. The normalized spacial score (nSPS) is 10.7. The fourth-order valence-corrected chi connectivity index (χ4v) is 5.21. The Morgan fingerprint density at radius 1 is 0.895 bits per heavy atom. The number of nitrogens with zero attached hydrogens (tertiary/aromatic N) is 1. The van der Waals surface area contributed by atoms with Crippen LogP contribution in [0.4, 0.5) is 5.69 Å². The van der Waals surface area contributed by atoms with Crippen LogP contribution in [0.15, 0.2) is 59.6 Å². The molecule has 0 atom stereocenters. The van der Waals surface area contributed by atoms with Crippen molar-refractivity contribution in [3.63, 3.8) is 0 Å². The molecule has 38 heavy (non-hydrogen) atoms. The molecule has 3 aromatic rings. The molecule has 4 nitrogen and oxygen atoms in total. The summed E-state index contributed by atoms with van der Waals surface area (Å²) in [7, 11) is 0. The van der Waals surface area contributed by atoms with Crippen LogP contribution in [0.5, 0.6) is 5.75 Å². The Morgan fingerprint density at radius 3 is 2.11 bits per heavy atom. The third-order valence-electron chi connectivity index (χ3n) is 6.56. The van der Waals surface area contributed by atoms with Crippen molar-refractivity contribution in [3.05, 3.63) is 75.7 Å². The summed E-state index contributed by atoms with van der Waals surface area (Å²) in [5, 5.41) is 5.38. The highest BCUT2D eigenvalue weighted by Crippen LogP contribution is 2.24. The van der Waals surface area contributed by atoms with Gasteiger partial charge in [-0.25, -0.2) is 0 Å². The van der Waals surface area contributed by atoms with E-state index in [1.165, 1.54) is 76.2 Å². The number of ether oxygens (including phenoxy) is 1. The molecule has 0 aliphatic rings. The molecule has 0 saturated carbocycles. The van der Waals surface area contributed by atoms with E-state index in [0.717, 1.165) is 18.7 Å². The van der Waals surface area contributed by atoms with Crippen LogP contribution in [0, 0.1) is 0 Å². The third-order valence-corrected chi connectivity index (χ3v) is 7.54. The largest absolute Gasteiger partial charge is 1.00 e. The molecular formula is C31H42BrClN2O2S. The molecule has 208 valence electrons. The third kappa shape index (κ3) is 12.3. The molecule has 2 aromatic carbocycles. The number of thiazole rings is 1. The van der Waals surface area contributed by atoms with E-state index in [2.05, 4.69) is 28.5 Å². The summed E-state index contributed by atoms with van der Waals surface area (Å²) in [5.74, 6) is 0.484. The van der Waals surface area contributed by atoms with Gasteiger partial charge in [0.2, 0.25) is 5.51 Å². The highest BCUT2D eigenvalue weighted by Gasteiger charge is 2.12. The number of anilines is 1. The number of amides is 1. The minimum Gasteiger partial charge on any atom is -1.00 e. The quantitative estimate of drug-likeness (QED) is 0.138. The fraction of sp³-hybridized carbons (Fsp3) is 0.484. The number of hydrogen-bond donors (Lipinski definition) is 1. The number of unbranched alkanes of at least 4 members (excludes halogenated alkanes) is 11. The number of aromatic nitrogens is 1. The van der Waals surface area contributed by atoms with E-state index in [9.17, 15) is 4.79 Å². The minimum atomic E-state index is -0.225. The summed E-state index contributed by atoms with van der Waals surface area (Å²) in [6.45, 7) is 3.75. The van der Waals surface area contributed by atoms with Crippen LogP contribution in [0.2, 0.25) is 5.02 Å². The molecule has 0 aliphatic carbocycles. The molecule has 0 aliphatic heterocycles. The lowest BCUT2D eigenvalue weighted by Crippen LogP contribution is -3.00. The highest BCUT2D eigenvalue weighted by atomic mass is 79.9. The molecule has 7 heteroatoms. The van der Waals surface area contributed by atoms with Crippen molar-refractivity contribution in [3.8, 4) is 5.75 Å². The molecule has 0 unspecified atom stereocenters. The summed E-state index contributed by atoms with van der Waals surface area (Å²) in [4.78, 5) is 12.7. The first-order valence-electron chi connectivity index (χ1n) is 13.9. The lowest BCUT2D eigenvalue weighted by Gasteiger charge is -2.10. The zero-order chi connectivity index (χ0) is 26.1. The summed E-state index contributed by atoms with van der Waals surface area (Å²) < 4.78 is 8.00. The standard InChI is InChI=1S/C31H41ClN2O2S.BrH/c1-2-3-4-5-6-7-8-9-10-11-12-13-21-36-28-18-19-29(30(32)23-28)31(35)33-27-16-14-26(15-17-27)24-34-20-22-37-25-34;/h14-20,22-23,25H,2-13,21,24H2,1H3;1H. The molecule has 0 spiro atoms. The van der Waals surface area contributed by atoms with Gasteiger partial charge in [0.15, 0.2) is 12.7 Å². The SMILES string of the molecule is CCCCCCCCCCCCCCOc1ccc(C(=O)Nc2ccc(C[n+]3ccsc3)cc2)c(Cl)c1.[Br-]. The van der Waals surface area contributed by atoms with Crippen LogP contribution in [-0.4, -0.2) is 12.5 Å². The zero-order valence-electron chi connectivity index (χ0n) is 22.6. The Bertz CT molecular complexity index is 1040. The first kappa shape index (κ1) is 32.3. The van der Waals surface area contributed by atoms with Crippen LogP contribution in [0.25, 0.3) is 0 Å². The first-order valence-corrected chi connectivity index (χ1v) is 15.2. The van der Waals surface area contributed by atoms with Crippen molar-refractivity contribution in [1.82, 2.24) is 0 Å². The maximum atomic E-state index is 12.7. The van der Waals surface area contributed by atoms with E-state index in [1.807, 2.05) is 35.7 Å². The number of hydrogen-bond acceptors (Lipinski definition) is 3. The highest BCUT2D eigenvalue weighted by molar-refractivity contribution is 7.07. The second-order valence-corrected chi connectivity index (χ2v) is 10.9. The molecule has 1 aromatic heterocycles. The van der Waals surface area contributed by atoms with E-state index < -0.39 is 0 Å². The Hall–Kier alpha value is -1.89. The molecule has 0 saturated heterocycles. The molecule has 0 radical (unpaired) electrons. The average molecular weight is 622 g/mol. The predicted octanol–water partition coefficient (Wildman–Crippen LogP) is 6.07. The topological polar surface area (TPSA) is 42.2 Å². The van der Waals surface area contributed by atoms with Crippen LogP contribution < -0.4 is 31.6 Å². The van der Waals surface area contributed by atoms with Crippen molar-refractivity contribution in [2.45, 2.75) is 90.5 Å². The van der Waals surface area contributed by atoms with Gasteiger partial charge in [-0.1, -0.05) is 113 Å². The molecular weight excluding hydrogens is 580 g/mol. The van der Waals surface area contributed by atoms with E-state index >= 15 is 0 Å². The molecule has 1 amide bonds. The van der Waals surface area contributed by atoms with Gasteiger partial charge in [0.1, 0.15) is 5.75 Å². The van der Waals surface area contributed by atoms with Gasteiger partial charge in [-0.3, -0.25) is 4.79 Å². The maximum absolute atomic E-state index is 12.7. The number of carbonyl (C=O) groups is 1. The lowest BCUT2D eigenvalue weighted by atomic mass is 10.1. The average Bonchev–Trinajstić information content (AvgIpc) is 3.41. The van der Waals surface area contributed by atoms with Crippen LogP contribution >= 0.6 is 22.9 Å². The van der Waals surface area contributed by atoms with Gasteiger partial charge < -0.3 is 27.0 Å². The molecule has 3 rings (SSSR count). The molecule has 0 bridgehead atoms. The second kappa shape index (κ2) is 19.2. The Balaban J connectivity index is 0.00000507. The number of carbonyl (C=O) groups excluding carboxylic acids is 1. The first-order chi connectivity index (χ1) is 18.2. The maximum Gasteiger partial charge on any atom is 0.257 e. The fourth-order valence-electron chi connectivity index (χ4n) is 4.36. The molecule has 1 N–H and O–H groups in total. The Morgan fingerprint density at radius 2 is 1.53 bits per heavy atom. The van der Waals surface area contributed by atoms with E-state index in [0.29, 0.717) is 22.9 Å². The lowest BCUT2D eigenvalue weighted by molar-refractivity contribution is -0.683. The molecule has 0 fully saturated rings. The number of benzene rings is 2. The summed E-state index contributed by atoms with van der Waals surface area (Å²) in [6.07, 6.45) is 17.9. The zero-order valence-corrected chi connectivity index (χ0v) is 25.8. The monoisotopic (exact) mass is 620 g/mol. The minimum absolute atomic E-state index is 0. The summed E-state index contributed by atoms with van der Waals surface area (Å²) in [6, 6.07) is 13.2. The summed E-state index contributed by atoms with van der Waals surface area (Å²) in [5.41, 5.74) is 4.43. The number of rotatable bonds is 18.